The quantitative estimate of drug-likeness (QED) is 0.603. The summed E-state index contributed by atoms with van der Waals surface area (Å²) in [5.74, 6) is -1.66. The van der Waals surface area contributed by atoms with Crippen LogP contribution in [-0.2, 0) is 0 Å². The molecular formula is C20H13ClN2O3S. The first-order valence-corrected chi connectivity index (χ1v) is 9.39. The first kappa shape index (κ1) is 18.8. The summed E-state index contributed by atoms with van der Waals surface area (Å²) in [5.41, 5.74) is 0.647. The van der Waals surface area contributed by atoms with E-state index >= 15 is 0 Å². The molecule has 5 nitrogen and oxygen atoms in total. The molecular weight excluding hydrogens is 384 g/mol. The van der Waals surface area contributed by atoms with Gasteiger partial charge in [0.1, 0.15) is 6.07 Å². The number of hydrogen-bond acceptors (Lipinski definition) is 4. The van der Waals surface area contributed by atoms with E-state index < -0.39 is 11.9 Å². The Kier molecular flexibility index (Phi) is 5.36. The summed E-state index contributed by atoms with van der Waals surface area (Å²) in [4.78, 5) is 24.8. The summed E-state index contributed by atoms with van der Waals surface area (Å²) < 4.78 is 0. The summed E-state index contributed by atoms with van der Waals surface area (Å²) in [6, 6.07) is 15.2. The molecule has 3 aromatic carbocycles. The molecule has 0 spiro atoms. The zero-order chi connectivity index (χ0) is 19.6. The molecule has 3 aromatic rings. The number of benzene rings is 3. The molecule has 0 aromatic heterocycles. The molecule has 0 aliphatic rings. The average Bonchev–Trinajstić information content (AvgIpc) is 2.66. The topological polar surface area (TPSA) is 90.2 Å². The summed E-state index contributed by atoms with van der Waals surface area (Å²) in [6.45, 7) is 0. The van der Waals surface area contributed by atoms with Crippen LogP contribution >= 0.6 is 23.4 Å². The SMILES string of the molecule is CSc1cc(NC(=O)c2ccc3cc(Cl)ccc3c2)c(C(=O)O)cc1C#N. The van der Waals surface area contributed by atoms with Gasteiger partial charge in [-0.15, -0.1) is 11.8 Å². The number of halogens is 1. The first-order valence-electron chi connectivity index (χ1n) is 7.79. The van der Waals surface area contributed by atoms with E-state index in [1.807, 2.05) is 12.1 Å². The highest BCUT2D eigenvalue weighted by Crippen LogP contribution is 2.28. The van der Waals surface area contributed by atoms with Crippen molar-refractivity contribution in [3.8, 4) is 6.07 Å². The molecule has 0 fully saturated rings. The number of rotatable bonds is 4. The molecule has 0 radical (unpaired) electrons. The van der Waals surface area contributed by atoms with Crippen LogP contribution in [0.5, 0.6) is 0 Å². The van der Waals surface area contributed by atoms with Gasteiger partial charge in [0.15, 0.2) is 0 Å². The molecule has 0 saturated carbocycles. The van der Waals surface area contributed by atoms with Crippen LogP contribution in [0.25, 0.3) is 10.8 Å². The van der Waals surface area contributed by atoms with E-state index in [1.54, 1.807) is 36.6 Å². The lowest BCUT2D eigenvalue weighted by atomic mass is 10.1. The van der Waals surface area contributed by atoms with Crippen molar-refractivity contribution in [2.24, 2.45) is 0 Å². The van der Waals surface area contributed by atoms with Crippen molar-refractivity contribution in [1.82, 2.24) is 0 Å². The van der Waals surface area contributed by atoms with E-state index in [4.69, 9.17) is 11.6 Å². The number of nitriles is 1. The van der Waals surface area contributed by atoms with Gasteiger partial charge in [0.2, 0.25) is 0 Å². The fourth-order valence-electron chi connectivity index (χ4n) is 2.67. The summed E-state index contributed by atoms with van der Waals surface area (Å²) in [5, 5.41) is 23.6. The van der Waals surface area contributed by atoms with Crippen LogP contribution in [-0.4, -0.2) is 23.2 Å². The number of nitrogens with zero attached hydrogens (tertiary/aromatic N) is 1. The second-order valence-electron chi connectivity index (χ2n) is 5.68. The maximum Gasteiger partial charge on any atom is 0.337 e. The van der Waals surface area contributed by atoms with Crippen molar-refractivity contribution in [3.63, 3.8) is 0 Å². The van der Waals surface area contributed by atoms with Crippen LogP contribution in [0.1, 0.15) is 26.3 Å². The number of aromatic carboxylic acids is 1. The van der Waals surface area contributed by atoms with Crippen LogP contribution < -0.4 is 5.32 Å². The standard InChI is InChI=1S/C20H13ClN2O3S/c1-27-18-9-17(16(20(25)26)8-14(18)10-22)23-19(24)13-3-2-12-7-15(21)5-4-11(12)6-13/h2-9H,1H3,(H,23,24)(H,25,26). The number of carbonyl (C=O) groups excluding carboxylic acids is 1. The van der Waals surface area contributed by atoms with Crippen molar-refractivity contribution >= 4 is 51.7 Å². The van der Waals surface area contributed by atoms with Crippen LogP contribution in [0, 0.1) is 11.3 Å². The summed E-state index contributed by atoms with van der Waals surface area (Å²) in [7, 11) is 0. The van der Waals surface area contributed by atoms with E-state index in [2.05, 4.69) is 5.32 Å². The molecule has 0 unspecified atom stereocenters. The Morgan fingerprint density at radius 2 is 1.81 bits per heavy atom. The number of carboxylic acid groups (broad SMARTS) is 1. The normalized spacial score (nSPS) is 10.4. The second kappa shape index (κ2) is 7.70. The lowest BCUT2D eigenvalue weighted by molar-refractivity contribution is 0.0698. The Hall–Kier alpha value is -3.01. The zero-order valence-corrected chi connectivity index (χ0v) is 15.7. The van der Waals surface area contributed by atoms with E-state index in [0.29, 0.717) is 15.5 Å². The van der Waals surface area contributed by atoms with Crippen LogP contribution in [0.2, 0.25) is 5.02 Å². The number of amides is 1. The number of thioether (sulfide) groups is 1. The van der Waals surface area contributed by atoms with Crippen LogP contribution in [0.4, 0.5) is 5.69 Å². The van der Waals surface area contributed by atoms with Gasteiger partial charge >= 0.3 is 5.97 Å². The molecule has 134 valence electrons. The summed E-state index contributed by atoms with van der Waals surface area (Å²) in [6.07, 6.45) is 1.77. The van der Waals surface area contributed by atoms with Crippen molar-refractivity contribution in [1.29, 1.82) is 5.26 Å². The number of nitrogens with one attached hydrogen (secondary N) is 1. The molecule has 0 aliphatic carbocycles. The highest BCUT2D eigenvalue weighted by molar-refractivity contribution is 7.98. The van der Waals surface area contributed by atoms with Crippen LogP contribution in [0.3, 0.4) is 0 Å². The molecule has 0 heterocycles. The van der Waals surface area contributed by atoms with E-state index in [-0.39, 0.29) is 16.8 Å². The minimum Gasteiger partial charge on any atom is -0.478 e. The Morgan fingerprint density at radius 1 is 1.11 bits per heavy atom. The minimum absolute atomic E-state index is 0.134. The molecule has 2 N–H and O–H groups in total. The third-order valence-corrected chi connectivity index (χ3v) is 5.02. The third-order valence-electron chi connectivity index (χ3n) is 4.00. The molecule has 3 rings (SSSR count). The molecule has 7 heteroatoms. The van der Waals surface area contributed by atoms with Gasteiger partial charge in [-0.25, -0.2) is 4.79 Å². The fraction of sp³-hybridized carbons (Fsp3) is 0.0500. The average molecular weight is 397 g/mol. The van der Waals surface area contributed by atoms with Crippen molar-refractivity contribution in [2.75, 3.05) is 11.6 Å². The number of hydrogen-bond donors (Lipinski definition) is 2. The van der Waals surface area contributed by atoms with Crippen molar-refractivity contribution < 1.29 is 14.7 Å². The Balaban J connectivity index is 1.99. The highest BCUT2D eigenvalue weighted by atomic mass is 35.5. The minimum atomic E-state index is -1.22. The van der Waals surface area contributed by atoms with E-state index in [0.717, 1.165) is 10.8 Å². The van der Waals surface area contributed by atoms with E-state index in [1.165, 1.54) is 23.9 Å². The Bertz CT molecular complexity index is 1120. The van der Waals surface area contributed by atoms with Gasteiger partial charge in [-0.1, -0.05) is 23.7 Å². The number of carbonyl (C=O) groups is 2. The van der Waals surface area contributed by atoms with Crippen molar-refractivity contribution in [3.05, 3.63) is 70.2 Å². The van der Waals surface area contributed by atoms with Gasteiger partial charge in [-0.3, -0.25) is 4.79 Å². The predicted molar refractivity (Wildman–Crippen MR) is 107 cm³/mol. The number of fused-ring (bicyclic) bond motifs is 1. The van der Waals surface area contributed by atoms with Crippen molar-refractivity contribution in [2.45, 2.75) is 4.90 Å². The Labute approximate surface area is 164 Å². The smallest absolute Gasteiger partial charge is 0.337 e. The molecule has 0 atom stereocenters. The highest BCUT2D eigenvalue weighted by Gasteiger charge is 2.17. The molecule has 0 saturated heterocycles. The monoisotopic (exact) mass is 396 g/mol. The van der Waals surface area contributed by atoms with Gasteiger partial charge in [0, 0.05) is 15.5 Å². The molecule has 0 aliphatic heterocycles. The lowest BCUT2D eigenvalue weighted by Crippen LogP contribution is -2.15. The van der Waals surface area contributed by atoms with E-state index in [9.17, 15) is 20.0 Å². The molecule has 27 heavy (non-hydrogen) atoms. The second-order valence-corrected chi connectivity index (χ2v) is 6.96. The van der Waals surface area contributed by atoms with Gasteiger partial charge in [0.05, 0.1) is 16.8 Å². The maximum absolute atomic E-state index is 12.7. The first-order chi connectivity index (χ1) is 12.9. The van der Waals surface area contributed by atoms with Gasteiger partial charge in [-0.05, 0) is 53.4 Å². The van der Waals surface area contributed by atoms with Gasteiger partial charge in [-0.2, -0.15) is 5.26 Å². The third kappa shape index (κ3) is 3.90. The van der Waals surface area contributed by atoms with Gasteiger partial charge in [0.25, 0.3) is 5.91 Å². The van der Waals surface area contributed by atoms with Crippen LogP contribution in [0.15, 0.2) is 53.4 Å². The number of carboxylic acids is 1. The van der Waals surface area contributed by atoms with Gasteiger partial charge < -0.3 is 10.4 Å². The molecule has 1 amide bonds. The lowest BCUT2D eigenvalue weighted by Gasteiger charge is -2.12. The fourth-order valence-corrected chi connectivity index (χ4v) is 3.41. The predicted octanol–water partition coefficient (Wildman–Crippen LogP) is 5.04. The molecule has 0 bridgehead atoms. The largest absolute Gasteiger partial charge is 0.478 e. The summed E-state index contributed by atoms with van der Waals surface area (Å²) >= 11 is 7.27. The maximum atomic E-state index is 12.7. The zero-order valence-electron chi connectivity index (χ0n) is 14.1. The Morgan fingerprint density at radius 3 is 2.48 bits per heavy atom. The number of anilines is 1.